The van der Waals surface area contributed by atoms with Crippen LogP contribution in [0.15, 0.2) is 18.2 Å². The van der Waals surface area contributed by atoms with Crippen LogP contribution in [0.4, 0.5) is 14.5 Å². The van der Waals surface area contributed by atoms with E-state index in [4.69, 9.17) is 0 Å². The Morgan fingerprint density at radius 1 is 1.16 bits per heavy atom. The molecule has 1 aliphatic carbocycles. The van der Waals surface area contributed by atoms with E-state index < -0.39 is 11.6 Å². The van der Waals surface area contributed by atoms with Crippen LogP contribution in [-0.4, -0.2) is 6.04 Å². The molecule has 2 rings (SSSR count). The third-order valence-corrected chi connectivity index (χ3v) is 4.10. The van der Waals surface area contributed by atoms with Gasteiger partial charge in [0.25, 0.3) is 0 Å². The summed E-state index contributed by atoms with van der Waals surface area (Å²) in [5, 5.41) is 3.18. The number of hydrogen-bond acceptors (Lipinski definition) is 1. The van der Waals surface area contributed by atoms with Crippen LogP contribution in [0.2, 0.25) is 0 Å². The first kappa shape index (κ1) is 14.3. The van der Waals surface area contributed by atoms with Crippen molar-refractivity contribution in [3.8, 4) is 0 Å². The van der Waals surface area contributed by atoms with Crippen LogP contribution in [0.3, 0.4) is 0 Å². The molecule has 0 bridgehead atoms. The summed E-state index contributed by atoms with van der Waals surface area (Å²) < 4.78 is 26.8. The Morgan fingerprint density at radius 3 is 2.79 bits per heavy atom. The fourth-order valence-corrected chi connectivity index (χ4v) is 3.05. The molecule has 106 valence electrons. The number of halogens is 2. The Labute approximate surface area is 114 Å². The first-order valence-corrected chi connectivity index (χ1v) is 7.41. The first-order chi connectivity index (χ1) is 9.20. The van der Waals surface area contributed by atoms with Crippen molar-refractivity contribution in [3.05, 3.63) is 29.8 Å². The number of nitrogens with one attached hydrogen (secondary N) is 1. The molecule has 0 amide bonds. The molecule has 0 radical (unpaired) electrons. The molecule has 0 aliphatic heterocycles. The molecule has 1 fully saturated rings. The summed E-state index contributed by atoms with van der Waals surface area (Å²) in [6.07, 6.45) is 8.29. The zero-order valence-corrected chi connectivity index (χ0v) is 11.6. The molecule has 1 nitrogen and oxygen atoms in total. The molecule has 0 aromatic heterocycles. The van der Waals surface area contributed by atoms with Gasteiger partial charge in [-0.1, -0.05) is 38.7 Å². The maximum Gasteiger partial charge on any atom is 0.181 e. The fraction of sp³-hybridized carbons (Fsp3) is 0.625. The second-order valence-electron chi connectivity index (χ2n) is 5.61. The van der Waals surface area contributed by atoms with Crippen LogP contribution in [-0.2, 0) is 0 Å². The van der Waals surface area contributed by atoms with E-state index in [1.54, 1.807) is 12.1 Å². The molecule has 1 aliphatic rings. The quantitative estimate of drug-likeness (QED) is 0.746. The van der Waals surface area contributed by atoms with Gasteiger partial charge in [0.15, 0.2) is 11.6 Å². The van der Waals surface area contributed by atoms with Crippen LogP contribution >= 0.6 is 0 Å². The average molecular weight is 267 g/mol. The molecule has 2 atom stereocenters. The summed E-state index contributed by atoms with van der Waals surface area (Å²) in [7, 11) is 0. The highest BCUT2D eigenvalue weighted by Gasteiger charge is 2.19. The van der Waals surface area contributed by atoms with Crippen LogP contribution in [0.1, 0.15) is 51.9 Å². The Balaban J connectivity index is 1.94. The minimum atomic E-state index is -0.775. The summed E-state index contributed by atoms with van der Waals surface area (Å²) in [5.74, 6) is -0.714. The van der Waals surface area contributed by atoms with Crippen molar-refractivity contribution in [2.45, 2.75) is 57.9 Å². The van der Waals surface area contributed by atoms with Gasteiger partial charge in [0.2, 0.25) is 0 Å². The standard InChI is InChI=1S/C16H23F2N/c1-2-5-12-6-3-7-13(11-10-12)19-15-9-4-8-14(17)16(15)18/h4,8-9,12-13,19H,2-3,5-7,10-11H2,1H3. The van der Waals surface area contributed by atoms with Crippen molar-refractivity contribution in [1.82, 2.24) is 0 Å². The van der Waals surface area contributed by atoms with Gasteiger partial charge in [-0.25, -0.2) is 8.78 Å². The number of rotatable bonds is 4. The second kappa shape index (κ2) is 6.88. The zero-order valence-electron chi connectivity index (χ0n) is 11.6. The predicted octanol–water partition coefficient (Wildman–Crippen LogP) is 5.13. The van der Waals surface area contributed by atoms with E-state index in [1.165, 1.54) is 32.1 Å². The van der Waals surface area contributed by atoms with Crippen LogP contribution in [0.5, 0.6) is 0 Å². The molecule has 2 unspecified atom stereocenters. The number of hydrogen-bond donors (Lipinski definition) is 1. The van der Waals surface area contributed by atoms with Crippen LogP contribution in [0, 0.1) is 17.6 Å². The molecule has 1 aromatic carbocycles. The van der Waals surface area contributed by atoms with Gasteiger partial charge in [-0.05, 0) is 37.3 Å². The van der Waals surface area contributed by atoms with Crippen molar-refractivity contribution >= 4 is 5.69 Å². The van der Waals surface area contributed by atoms with E-state index >= 15 is 0 Å². The zero-order chi connectivity index (χ0) is 13.7. The average Bonchev–Trinajstić information content (AvgIpc) is 2.61. The van der Waals surface area contributed by atoms with Crippen molar-refractivity contribution in [2.24, 2.45) is 5.92 Å². The van der Waals surface area contributed by atoms with E-state index in [1.807, 2.05) is 0 Å². The smallest absolute Gasteiger partial charge is 0.181 e. The Kier molecular flexibility index (Phi) is 5.17. The van der Waals surface area contributed by atoms with Crippen molar-refractivity contribution < 1.29 is 8.78 Å². The van der Waals surface area contributed by atoms with E-state index in [-0.39, 0.29) is 6.04 Å². The van der Waals surface area contributed by atoms with Gasteiger partial charge in [0.05, 0.1) is 5.69 Å². The monoisotopic (exact) mass is 267 g/mol. The summed E-state index contributed by atoms with van der Waals surface area (Å²) in [6.45, 7) is 2.22. The summed E-state index contributed by atoms with van der Waals surface area (Å²) in [6, 6.07) is 4.60. The third-order valence-electron chi connectivity index (χ3n) is 4.10. The van der Waals surface area contributed by atoms with Gasteiger partial charge in [-0.15, -0.1) is 0 Å². The van der Waals surface area contributed by atoms with Crippen molar-refractivity contribution in [2.75, 3.05) is 5.32 Å². The van der Waals surface area contributed by atoms with Crippen LogP contribution < -0.4 is 5.32 Å². The van der Waals surface area contributed by atoms with Gasteiger partial charge in [0, 0.05) is 6.04 Å². The predicted molar refractivity (Wildman–Crippen MR) is 75.3 cm³/mol. The lowest BCUT2D eigenvalue weighted by Gasteiger charge is -2.18. The topological polar surface area (TPSA) is 12.0 Å². The molecule has 0 spiro atoms. The molecule has 19 heavy (non-hydrogen) atoms. The fourth-order valence-electron chi connectivity index (χ4n) is 3.05. The lowest BCUT2D eigenvalue weighted by Crippen LogP contribution is -2.19. The van der Waals surface area contributed by atoms with Gasteiger partial charge in [-0.2, -0.15) is 0 Å². The maximum absolute atomic E-state index is 13.6. The highest BCUT2D eigenvalue weighted by Crippen LogP contribution is 2.29. The van der Waals surface area contributed by atoms with Gasteiger partial charge >= 0.3 is 0 Å². The highest BCUT2D eigenvalue weighted by molar-refractivity contribution is 5.45. The third kappa shape index (κ3) is 3.92. The molecule has 1 saturated carbocycles. The normalized spacial score (nSPS) is 23.9. The van der Waals surface area contributed by atoms with Crippen molar-refractivity contribution in [1.29, 1.82) is 0 Å². The maximum atomic E-state index is 13.6. The van der Waals surface area contributed by atoms with E-state index in [2.05, 4.69) is 12.2 Å². The summed E-state index contributed by atoms with van der Waals surface area (Å²) >= 11 is 0. The molecule has 0 heterocycles. The van der Waals surface area contributed by atoms with E-state index in [9.17, 15) is 8.78 Å². The van der Waals surface area contributed by atoms with Gasteiger partial charge in [-0.3, -0.25) is 0 Å². The molecule has 0 saturated heterocycles. The SMILES string of the molecule is CCCC1CCCC(Nc2cccc(F)c2F)CC1. The number of benzene rings is 1. The molecular weight excluding hydrogens is 244 g/mol. The van der Waals surface area contributed by atoms with Gasteiger partial charge in [0.1, 0.15) is 0 Å². The lowest BCUT2D eigenvalue weighted by atomic mass is 9.95. The van der Waals surface area contributed by atoms with Crippen molar-refractivity contribution in [3.63, 3.8) is 0 Å². The van der Waals surface area contributed by atoms with Gasteiger partial charge < -0.3 is 5.32 Å². The Bertz CT molecular complexity index is 406. The largest absolute Gasteiger partial charge is 0.380 e. The summed E-state index contributed by atoms with van der Waals surface area (Å²) in [4.78, 5) is 0. The first-order valence-electron chi connectivity index (χ1n) is 7.41. The Morgan fingerprint density at radius 2 is 2.00 bits per heavy atom. The minimum Gasteiger partial charge on any atom is -0.380 e. The Hall–Kier alpha value is -1.12. The minimum absolute atomic E-state index is 0.276. The van der Waals surface area contributed by atoms with Crippen LogP contribution in [0.25, 0.3) is 0 Å². The lowest BCUT2D eigenvalue weighted by molar-refractivity contribution is 0.422. The van der Waals surface area contributed by atoms with E-state index in [0.717, 1.165) is 24.8 Å². The number of anilines is 1. The summed E-state index contributed by atoms with van der Waals surface area (Å²) in [5.41, 5.74) is 0.305. The molecule has 1 aromatic rings. The molecular formula is C16H23F2N. The second-order valence-corrected chi connectivity index (χ2v) is 5.61. The molecule has 1 N–H and O–H groups in total. The highest BCUT2D eigenvalue weighted by atomic mass is 19.2. The van der Waals surface area contributed by atoms with E-state index in [0.29, 0.717) is 5.69 Å². The molecule has 3 heteroatoms.